The molecule has 1 aromatic heterocycles. The first kappa shape index (κ1) is 13.0. The molecule has 3 rings (SSSR count). The van der Waals surface area contributed by atoms with E-state index in [4.69, 9.17) is 9.26 Å². The number of aromatic nitrogens is 2. The minimum Gasteiger partial charge on any atom is -0.465 e. The molecule has 2 fully saturated rings. The normalized spacial score (nSPS) is 25.0. The Balaban J connectivity index is 1.82. The van der Waals surface area contributed by atoms with Crippen LogP contribution in [0.25, 0.3) is 0 Å². The summed E-state index contributed by atoms with van der Waals surface area (Å²) in [6, 6.07) is 0. The first-order chi connectivity index (χ1) is 9.26. The van der Waals surface area contributed by atoms with Gasteiger partial charge in [0.05, 0.1) is 11.9 Å². The highest BCUT2D eigenvalue weighted by molar-refractivity contribution is 7.99. The number of nitrogens with zero attached hydrogens (tertiary/aromatic N) is 2. The Hall–Kier alpha value is -1.04. The molecule has 1 atom stereocenters. The van der Waals surface area contributed by atoms with Crippen molar-refractivity contribution in [2.45, 2.75) is 49.7 Å². The zero-order valence-electron chi connectivity index (χ0n) is 11.1. The lowest BCUT2D eigenvalue weighted by molar-refractivity contribution is -0.155. The Morgan fingerprint density at radius 2 is 2.37 bits per heavy atom. The van der Waals surface area contributed by atoms with Crippen molar-refractivity contribution in [2.75, 3.05) is 12.4 Å². The second kappa shape index (κ2) is 5.15. The van der Waals surface area contributed by atoms with Crippen molar-refractivity contribution in [1.82, 2.24) is 10.1 Å². The molecule has 104 valence electrons. The van der Waals surface area contributed by atoms with Crippen LogP contribution in [0.3, 0.4) is 0 Å². The minimum absolute atomic E-state index is 0.212. The first-order valence-corrected chi connectivity index (χ1v) is 7.94. The van der Waals surface area contributed by atoms with Crippen molar-refractivity contribution in [3.63, 3.8) is 0 Å². The Bertz CT molecular complexity index is 464. The van der Waals surface area contributed by atoms with Gasteiger partial charge in [-0.05, 0) is 38.4 Å². The highest BCUT2D eigenvalue weighted by atomic mass is 32.2. The van der Waals surface area contributed by atoms with Crippen LogP contribution in [-0.2, 0) is 14.9 Å². The van der Waals surface area contributed by atoms with E-state index in [-0.39, 0.29) is 5.97 Å². The lowest BCUT2D eigenvalue weighted by Crippen LogP contribution is -2.44. The molecule has 1 saturated heterocycles. The van der Waals surface area contributed by atoms with Gasteiger partial charge < -0.3 is 9.26 Å². The van der Waals surface area contributed by atoms with E-state index in [1.54, 1.807) is 0 Å². The van der Waals surface area contributed by atoms with Gasteiger partial charge in [0.15, 0.2) is 5.82 Å². The lowest BCUT2D eigenvalue weighted by atomic mass is 9.68. The van der Waals surface area contributed by atoms with Crippen molar-refractivity contribution in [2.24, 2.45) is 0 Å². The molecular formula is C13H18N2O3S. The Morgan fingerprint density at radius 3 is 2.95 bits per heavy atom. The van der Waals surface area contributed by atoms with Crippen LogP contribution in [0.2, 0.25) is 0 Å². The van der Waals surface area contributed by atoms with Crippen LogP contribution in [0.4, 0.5) is 0 Å². The van der Waals surface area contributed by atoms with E-state index in [1.165, 1.54) is 6.42 Å². The fourth-order valence-electron chi connectivity index (χ4n) is 2.65. The van der Waals surface area contributed by atoms with Crippen LogP contribution in [0.15, 0.2) is 4.52 Å². The molecule has 0 amide bonds. The number of carbonyl (C=O) groups excluding carboxylic acids is 1. The Kier molecular flexibility index (Phi) is 3.52. The van der Waals surface area contributed by atoms with Crippen molar-refractivity contribution >= 4 is 17.7 Å². The van der Waals surface area contributed by atoms with Gasteiger partial charge in [0.25, 0.3) is 0 Å². The van der Waals surface area contributed by atoms with E-state index in [9.17, 15) is 4.79 Å². The van der Waals surface area contributed by atoms with Crippen molar-refractivity contribution in [1.29, 1.82) is 0 Å². The lowest BCUT2D eigenvalue weighted by Gasteiger charge is -2.35. The van der Waals surface area contributed by atoms with Crippen LogP contribution in [-0.4, -0.2) is 28.5 Å². The summed E-state index contributed by atoms with van der Waals surface area (Å²) < 4.78 is 10.5. The maximum absolute atomic E-state index is 12.1. The summed E-state index contributed by atoms with van der Waals surface area (Å²) in [7, 11) is 0. The standard InChI is InChI=1S/C13H18N2O3S/c1-2-17-12(16)13(6-4-7-13)11-14-10(15-18-11)9-5-3-8-19-9/h9H,2-8H2,1H3. The van der Waals surface area contributed by atoms with Gasteiger partial charge in [0.2, 0.25) is 5.89 Å². The molecule has 19 heavy (non-hydrogen) atoms. The summed E-state index contributed by atoms with van der Waals surface area (Å²) in [5, 5.41) is 4.40. The molecule has 0 bridgehead atoms. The summed E-state index contributed by atoms with van der Waals surface area (Å²) >= 11 is 1.86. The van der Waals surface area contributed by atoms with Gasteiger partial charge in [0.1, 0.15) is 5.41 Å². The molecule has 2 heterocycles. The maximum Gasteiger partial charge on any atom is 0.321 e. The van der Waals surface area contributed by atoms with Crippen LogP contribution in [0.5, 0.6) is 0 Å². The summed E-state index contributed by atoms with van der Waals surface area (Å²) in [6.07, 6.45) is 4.81. The van der Waals surface area contributed by atoms with Gasteiger partial charge in [0, 0.05) is 0 Å². The van der Waals surface area contributed by atoms with Gasteiger partial charge in [-0.15, -0.1) is 0 Å². The van der Waals surface area contributed by atoms with Gasteiger partial charge in [-0.3, -0.25) is 4.79 Å². The highest BCUT2D eigenvalue weighted by Crippen LogP contribution is 2.45. The number of carbonyl (C=O) groups is 1. The van der Waals surface area contributed by atoms with Crippen molar-refractivity contribution in [3.05, 3.63) is 11.7 Å². The molecule has 6 heteroatoms. The van der Waals surface area contributed by atoms with E-state index < -0.39 is 5.41 Å². The topological polar surface area (TPSA) is 65.2 Å². The molecule has 0 aromatic carbocycles. The zero-order valence-corrected chi connectivity index (χ0v) is 11.9. The zero-order chi connectivity index (χ0) is 13.3. The third-order valence-corrected chi connectivity index (χ3v) is 5.32. The third kappa shape index (κ3) is 2.16. The largest absolute Gasteiger partial charge is 0.465 e. The predicted octanol–water partition coefficient (Wildman–Crippen LogP) is 2.62. The molecular weight excluding hydrogens is 264 g/mol. The minimum atomic E-state index is -0.662. The maximum atomic E-state index is 12.1. The number of hydrogen-bond acceptors (Lipinski definition) is 6. The number of esters is 1. The summed E-state index contributed by atoms with van der Waals surface area (Å²) in [4.78, 5) is 16.6. The molecule has 5 nitrogen and oxygen atoms in total. The number of thioether (sulfide) groups is 1. The average Bonchev–Trinajstić information content (AvgIpc) is 2.97. The molecule has 1 saturated carbocycles. The smallest absolute Gasteiger partial charge is 0.321 e. The van der Waals surface area contributed by atoms with E-state index >= 15 is 0 Å². The SMILES string of the molecule is CCOC(=O)C1(c2nc(C3CCCS3)no2)CCC1. The van der Waals surface area contributed by atoms with Gasteiger partial charge in [-0.2, -0.15) is 16.7 Å². The molecule has 0 radical (unpaired) electrons. The van der Waals surface area contributed by atoms with Gasteiger partial charge >= 0.3 is 5.97 Å². The molecule has 0 spiro atoms. The van der Waals surface area contributed by atoms with E-state index in [0.29, 0.717) is 17.7 Å². The summed E-state index contributed by atoms with van der Waals surface area (Å²) in [5.74, 6) is 2.14. The van der Waals surface area contributed by atoms with E-state index in [0.717, 1.165) is 37.3 Å². The van der Waals surface area contributed by atoms with Crippen LogP contribution < -0.4 is 0 Å². The van der Waals surface area contributed by atoms with E-state index in [2.05, 4.69) is 10.1 Å². The number of ether oxygens (including phenoxy) is 1. The Morgan fingerprint density at radius 1 is 1.53 bits per heavy atom. The fourth-order valence-corrected chi connectivity index (χ4v) is 3.84. The molecule has 1 aliphatic heterocycles. The van der Waals surface area contributed by atoms with Crippen molar-refractivity contribution in [3.8, 4) is 0 Å². The summed E-state index contributed by atoms with van der Waals surface area (Å²) in [5.41, 5.74) is -0.662. The molecule has 0 N–H and O–H groups in total. The predicted molar refractivity (Wildman–Crippen MR) is 70.9 cm³/mol. The Labute approximate surface area is 116 Å². The third-order valence-electron chi connectivity index (χ3n) is 3.94. The van der Waals surface area contributed by atoms with Crippen LogP contribution in [0, 0.1) is 0 Å². The monoisotopic (exact) mass is 282 g/mol. The molecule has 1 aromatic rings. The summed E-state index contributed by atoms with van der Waals surface area (Å²) in [6.45, 7) is 2.21. The van der Waals surface area contributed by atoms with Gasteiger partial charge in [-0.25, -0.2) is 0 Å². The second-order valence-corrected chi connectivity index (χ2v) is 6.43. The quantitative estimate of drug-likeness (QED) is 0.791. The molecule has 1 aliphatic carbocycles. The highest BCUT2D eigenvalue weighted by Gasteiger charge is 2.52. The van der Waals surface area contributed by atoms with Crippen molar-refractivity contribution < 1.29 is 14.1 Å². The van der Waals surface area contributed by atoms with E-state index in [1.807, 2.05) is 18.7 Å². The first-order valence-electron chi connectivity index (χ1n) is 6.89. The molecule has 2 aliphatic rings. The van der Waals surface area contributed by atoms with Crippen LogP contribution >= 0.6 is 11.8 Å². The fraction of sp³-hybridized carbons (Fsp3) is 0.769. The average molecular weight is 282 g/mol. The molecule has 1 unspecified atom stereocenters. The number of hydrogen-bond donors (Lipinski definition) is 0. The van der Waals surface area contributed by atoms with Crippen LogP contribution in [0.1, 0.15) is 56.0 Å². The van der Waals surface area contributed by atoms with Gasteiger partial charge in [-0.1, -0.05) is 11.6 Å². The number of rotatable bonds is 4. The second-order valence-electron chi connectivity index (χ2n) is 5.12.